The van der Waals surface area contributed by atoms with Gasteiger partial charge in [0.25, 0.3) is 0 Å². The van der Waals surface area contributed by atoms with E-state index >= 15 is 0 Å². The minimum Gasteiger partial charge on any atom is -0.382 e. The van der Waals surface area contributed by atoms with E-state index in [1.54, 1.807) is 12.1 Å². The molecule has 0 aliphatic rings. The third-order valence-corrected chi connectivity index (χ3v) is 3.05. The van der Waals surface area contributed by atoms with E-state index in [9.17, 15) is 4.39 Å². The maximum atomic E-state index is 12.9. The molecular weight excluding hydrogens is 243 g/mol. The van der Waals surface area contributed by atoms with Gasteiger partial charge in [-0.3, -0.25) is 0 Å². The summed E-state index contributed by atoms with van der Waals surface area (Å²) in [5.74, 6) is -0.244. The summed E-state index contributed by atoms with van der Waals surface area (Å²) in [4.78, 5) is 0. The Morgan fingerprint density at radius 1 is 1.26 bits per heavy atom. The Morgan fingerprint density at radius 2 is 1.95 bits per heavy atom. The molecule has 0 radical (unpaired) electrons. The lowest BCUT2D eigenvalue weighted by Gasteiger charge is -2.07. The highest BCUT2D eigenvalue weighted by atomic mass is 19.1. The lowest BCUT2D eigenvalue weighted by atomic mass is 10.2. The van der Waals surface area contributed by atoms with Crippen molar-refractivity contribution in [1.29, 1.82) is 0 Å². The van der Waals surface area contributed by atoms with Crippen LogP contribution in [0, 0.1) is 19.7 Å². The van der Waals surface area contributed by atoms with Gasteiger partial charge < -0.3 is 11.1 Å². The SMILES string of the molecule is Cc1nn(-c2ccc(F)cc2)c(C)c1NCCCN. The van der Waals surface area contributed by atoms with Gasteiger partial charge >= 0.3 is 0 Å². The molecule has 0 spiro atoms. The van der Waals surface area contributed by atoms with Crippen molar-refractivity contribution in [3.63, 3.8) is 0 Å². The Balaban J connectivity index is 2.27. The first-order valence-electron chi connectivity index (χ1n) is 6.39. The van der Waals surface area contributed by atoms with Gasteiger partial charge in [0.2, 0.25) is 0 Å². The molecular formula is C14H19FN4. The van der Waals surface area contributed by atoms with Gasteiger partial charge in [-0.1, -0.05) is 0 Å². The third kappa shape index (κ3) is 2.93. The molecule has 4 nitrogen and oxygen atoms in total. The first-order chi connectivity index (χ1) is 9.13. The van der Waals surface area contributed by atoms with E-state index in [0.717, 1.165) is 35.7 Å². The van der Waals surface area contributed by atoms with Gasteiger partial charge in [0, 0.05) is 6.54 Å². The van der Waals surface area contributed by atoms with Crippen molar-refractivity contribution in [1.82, 2.24) is 9.78 Å². The highest BCUT2D eigenvalue weighted by Gasteiger charge is 2.12. The summed E-state index contributed by atoms with van der Waals surface area (Å²) in [6.45, 7) is 5.44. The van der Waals surface area contributed by atoms with Gasteiger partial charge in [-0.25, -0.2) is 9.07 Å². The van der Waals surface area contributed by atoms with E-state index in [4.69, 9.17) is 5.73 Å². The van der Waals surface area contributed by atoms with Crippen LogP contribution in [0.5, 0.6) is 0 Å². The fourth-order valence-corrected chi connectivity index (χ4v) is 2.05. The summed E-state index contributed by atoms with van der Waals surface area (Å²) >= 11 is 0. The summed E-state index contributed by atoms with van der Waals surface area (Å²) in [6.07, 6.45) is 0.917. The number of nitrogens with one attached hydrogen (secondary N) is 1. The molecule has 0 amide bonds. The fourth-order valence-electron chi connectivity index (χ4n) is 2.05. The average Bonchev–Trinajstić information content (AvgIpc) is 2.68. The molecule has 0 aliphatic heterocycles. The van der Waals surface area contributed by atoms with E-state index in [1.807, 2.05) is 18.5 Å². The normalized spacial score (nSPS) is 10.7. The Labute approximate surface area is 112 Å². The molecule has 0 aliphatic carbocycles. The van der Waals surface area contributed by atoms with Crippen LogP contribution in [0.15, 0.2) is 24.3 Å². The Morgan fingerprint density at radius 3 is 2.58 bits per heavy atom. The molecule has 1 heterocycles. The smallest absolute Gasteiger partial charge is 0.123 e. The number of hydrogen-bond donors (Lipinski definition) is 2. The minimum atomic E-state index is -0.244. The second-order valence-corrected chi connectivity index (χ2v) is 4.50. The van der Waals surface area contributed by atoms with E-state index < -0.39 is 0 Å². The third-order valence-electron chi connectivity index (χ3n) is 3.05. The largest absolute Gasteiger partial charge is 0.382 e. The molecule has 19 heavy (non-hydrogen) atoms. The molecule has 102 valence electrons. The van der Waals surface area contributed by atoms with Crippen LogP contribution in [0.25, 0.3) is 5.69 Å². The van der Waals surface area contributed by atoms with Crippen molar-refractivity contribution < 1.29 is 4.39 Å². The van der Waals surface area contributed by atoms with Crippen LogP contribution in [-0.2, 0) is 0 Å². The Kier molecular flexibility index (Phi) is 4.16. The highest BCUT2D eigenvalue weighted by molar-refractivity contribution is 5.54. The number of hydrogen-bond acceptors (Lipinski definition) is 3. The number of rotatable bonds is 5. The van der Waals surface area contributed by atoms with Gasteiger partial charge in [-0.15, -0.1) is 0 Å². The summed E-state index contributed by atoms with van der Waals surface area (Å²) in [6, 6.07) is 6.32. The van der Waals surface area contributed by atoms with Crippen LogP contribution in [0.4, 0.5) is 10.1 Å². The zero-order chi connectivity index (χ0) is 13.8. The molecule has 1 aromatic carbocycles. The standard InChI is InChI=1S/C14H19FN4/c1-10-14(17-9-3-8-16)11(2)19(18-10)13-6-4-12(15)5-7-13/h4-7,17H,3,8-9,16H2,1-2H3. The molecule has 3 N–H and O–H groups in total. The topological polar surface area (TPSA) is 55.9 Å². The first-order valence-corrected chi connectivity index (χ1v) is 6.39. The molecule has 0 unspecified atom stereocenters. The second kappa shape index (κ2) is 5.84. The van der Waals surface area contributed by atoms with E-state index in [1.165, 1.54) is 12.1 Å². The molecule has 2 rings (SSSR count). The van der Waals surface area contributed by atoms with Crippen LogP contribution < -0.4 is 11.1 Å². The number of nitrogens with zero attached hydrogens (tertiary/aromatic N) is 2. The van der Waals surface area contributed by atoms with Gasteiger partial charge in [0.05, 0.1) is 22.8 Å². The van der Waals surface area contributed by atoms with Crippen LogP contribution in [0.2, 0.25) is 0 Å². The molecule has 1 aromatic heterocycles. The number of aromatic nitrogens is 2. The van der Waals surface area contributed by atoms with Crippen molar-refractivity contribution in [2.45, 2.75) is 20.3 Å². The van der Waals surface area contributed by atoms with Crippen molar-refractivity contribution in [3.8, 4) is 5.69 Å². The molecule has 0 fully saturated rings. The number of benzene rings is 1. The molecule has 2 aromatic rings. The molecule has 0 saturated heterocycles. The average molecular weight is 262 g/mol. The summed E-state index contributed by atoms with van der Waals surface area (Å²) in [5, 5.41) is 7.84. The summed E-state index contributed by atoms with van der Waals surface area (Å²) < 4.78 is 14.8. The van der Waals surface area contributed by atoms with Gasteiger partial charge in [-0.05, 0) is 51.1 Å². The lowest BCUT2D eigenvalue weighted by Crippen LogP contribution is -2.09. The number of aryl methyl sites for hydroxylation is 1. The van der Waals surface area contributed by atoms with Crippen molar-refractivity contribution >= 4 is 5.69 Å². The molecule has 5 heteroatoms. The van der Waals surface area contributed by atoms with Gasteiger partial charge in [-0.2, -0.15) is 5.10 Å². The van der Waals surface area contributed by atoms with Crippen LogP contribution in [0.1, 0.15) is 17.8 Å². The van der Waals surface area contributed by atoms with Crippen LogP contribution in [0.3, 0.4) is 0 Å². The number of halogens is 1. The predicted octanol–water partition coefficient (Wildman–Crippen LogP) is 2.39. The molecule has 0 saturated carbocycles. The van der Waals surface area contributed by atoms with E-state index in [2.05, 4.69) is 10.4 Å². The van der Waals surface area contributed by atoms with E-state index in [-0.39, 0.29) is 5.82 Å². The molecule has 0 bridgehead atoms. The van der Waals surface area contributed by atoms with Gasteiger partial charge in [0.15, 0.2) is 0 Å². The number of nitrogens with two attached hydrogens (primary N) is 1. The zero-order valence-corrected chi connectivity index (χ0v) is 11.3. The van der Waals surface area contributed by atoms with E-state index in [0.29, 0.717) is 6.54 Å². The van der Waals surface area contributed by atoms with Crippen LogP contribution >= 0.6 is 0 Å². The zero-order valence-electron chi connectivity index (χ0n) is 11.3. The monoisotopic (exact) mass is 262 g/mol. The van der Waals surface area contributed by atoms with Gasteiger partial charge in [0.1, 0.15) is 5.82 Å². The Hall–Kier alpha value is -1.88. The maximum Gasteiger partial charge on any atom is 0.123 e. The lowest BCUT2D eigenvalue weighted by molar-refractivity contribution is 0.627. The summed E-state index contributed by atoms with van der Waals surface area (Å²) in [7, 11) is 0. The quantitative estimate of drug-likeness (QED) is 0.813. The Bertz CT molecular complexity index is 545. The van der Waals surface area contributed by atoms with Crippen molar-refractivity contribution in [2.75, 3.05) is 18.4 Å². The van der Waals surface area contributed by atoms with Crippen molar-refractivity contribution in [2.24, 2.45) is 5.73 Å². The first kappa shape index (κ1) is 13.5. The fraction of sp³-hybridized carbons (Fsp3) is 0.357. The maximum absolute atomic E-state index is 12.9. The second-order valence-electron chi connectivity index (χ2n) is 4.50. The summed E-state index contributed by atoms with van der Waals surface area (Å²) in [5.41, 5.74) is 9.31. The predicted molar refractivity (Wildman–Crippen MR) is 75.2 cm³/mol. The van der Waals surface area contributed by atoms with Crippen molar-refractivity contribution in [3.05, 3.63) is 41.5 Å². The van der Waals surface area contributed by atoms with Crippen LogP contribution in [-0.4, -0.2) is 22.9 Å². The molecule has 0 atom stereocenters. The minimum absolute atomic E-state index is 0.244. The number of anilines is 1. The highest BCUT2D eigenvalue weighted by Crippen LogP contribution is 2.22.